The Balaban J connectivity index is 1.54. The van der Waals surface area contributed by atoms with E-state index >= 15 is 0 Å². The Bertz CT molecular complexity index is 1400. The molecule has 6 nitrogen and oxygen atoms in total. The van der Waals surface area contributed by atoms with Crippen LogP contribution in [-0.4, -0.2) is 31.4 Å². The van der Waals surface area contributed by atoms with Crippen molar-refractivity contribution in [2.24, 2.45) is 0 Å². The maximum atomic E-state index is 14.0. The van der Waals surface area contributed by atoms with Crippen molar-refractivity contribution in [1.82, 2.24) is 24.3 Å². The lowest BCUT2D eigenvalue weighted by molar-refractivity contribution is 0.413. The van der Waals surface area contributed by atoms with E-state index < -0.39 is 0 Å². The molecule has 0 spiro atoms. The summed E-state index contributed by atoms with van der Waals surface area (Å²) in [5.74, 6) is 1.22. The molecule has 3 heterocycles. The largest absolute Gasteiger partial charge is 0.495 e. The minimum absolute atomic E-state index is 0.103. The van der Waals surface area contributed by atoms with E-state index in [0.29, 0.717) is 5.75 Å². The van der Waals surface area contributed by atoms with Crippen LogP contribution in [0.15, 0.2) is 67.3 Å². The van der Waals surface area contributed by atoms with Gasteiger partial charge in [-0.15, -0.1) is 10.2 Å². The van der Waals surface area contributed by atoms with Crippen LogP contribution in [0.4, 0.5) is 4.39 Å². The molecule has 0 fully saturated rings. The van der Waals surface area contributed by atoms with E-state index in [9.17, 15) is 4.39 Å². The molecular weight excluding hydrogens is 417 g/mol. The van der Waals surface area contributed by atoms with Crippen LogP contribution in [0, 0.1) is 19.7 Å². The Labute approximate surface area is 191 Å². The zero-order valence-electron chi connectivity index (χ0n) is 19.0. The Morgan fingerprint density at radius 2 is 1.88 bits per heavy atom. The van der Waals surface area contributed by atoms with Crippen LogP contribution in [0.1, 0.15) is 29.8 Å². The van der Waals surface area contributed by atoms with Crippen molar-refractivity contribution in [3.05, 3.63) is 89.9 Å². The Morgan fingerprint density at radius 3 is 2.61 bits per heavy atom. The van der Waals surface area contributed by atoms with Crippen molar-refractivity contribution in [3.63, 3.8) is 0 Å². The molecule has 2 aliphatic rings. The van der Waals surface area contributed by atoms with Gasteiger partial charge in [-0.05, 0) is 68.3 Å². The van der Waals surface area contributed by atoms with Crippen molar-refractivity contribution in [3.8, 4) is 34.1 Å². The minimum atomic E-state index is -0.237. The molecule has 33 heavy (non-hydrogen) atoms. The molecule has 2 aliphatic heterocycles. The number of halogens is 1. The summed E-state index contributed by atoms with van der Waals surface area (Å²) in [7, 11) is 1.65. The average molecular weight is 442 g/mol. The zero-order chi connectivity index (χ0) is 23.1. The number of nitrogens with zero attached hydrogens (tertiary/aromatic N) is 5. The zero-order valence-corrected chi connectivity index (χ0v) is 19.0. The second kappa shape index (κ2) is 8.16. The van der Waals surface area contributed by atoms with Crippen LogP contribution in [-0.2, 0) is 0 Å². The highest BCUT2D eigenvalue weighted by molar-refractivity contribution is 5.80. The molecule has 1 aromatic heterocycles. The maximum absolute atomic E-state index is 14.0. The van der Waals surface area contributed by atoms with Crippen LogP contribution in [0.2, 0.25) is 0 Å². The highest BCUT2D eigenvalue weighted by atomic mass is 19.1. The molecule has 7 heteroatoms. The van der Waals surface area contributed by atoms with E-state index in [1.807, 2.05) is 78.7 Å². The maximum Gasteiger partial charge on any atom is 0.165 e. The number of aryl methyl sites for hydroxylation is 2. The SMILES string of the molecule is COc1cc(-c2nnc3n([C@@H](C)c4cc(C)cc(F)c4)cccc2-3)ccc1-n1cnc(C)c1. The van der Waals surface area contributed by atoms with E-state index in [-0.39, 0.29) is 11.9 Å². The van der Waals surface area contributed by atoms with E-state index in [1.54, 1.807) is 19.5 Å². The van der Waals surface area contributed by atoms with E-state index in [4.69, 9.17) is 4.74 Å². The van der Waals surface area contributed by atoms with Crippen molar-refractivity contribution in [1.29, 1.82) is 0 Å². The lowest BCUT2D eigenvalue weighted by Gasteiger charge is -2.20. The molecule has 0 saturated carbocycles. The predicted molar refractivity (Wildman–Crippen MR) is 125 cm³/mol. The molecular formula is C26H24FN5O. The third kappa shape index (κ3) is 3.75. The molecule has 166 valence electrons. The molecule has 0 bridgehead atoms. The number of ether oxygens (including phenoxy) is 1. The Morgan fingerprint density at radius 1 is 1.03 bits per heavy atom. The van der Waals surface area contributed by atoms with Crippen molar-refractivity contribution < 1.29 is 9.13 Å². The molecule has 2 aromatic carbocycles. The van der Waals surface area contributed by atoms with Gasteiger partial charge in [0.05, 0.1) is 30.9 Å². The van der Waals surface area contributed by atoms with Gasteiger partial charge in [-0.3, -0.25) is 0 Å². The smallest absolute Gasteiger partial charge is 0.165 e. The number of hydrogen-bond acceptors (Lipinski definition) is 4. The molecule has 0 unspecified atom stereocenters. The normalized spacial score (nSPS) is 12.3. The number of rotatable bonds is 5. The lowest BCUT2D eigenvalue weighted by Crippen LogP contribution is -2.11. The summed E-state index contributed by atoms with van der Waals surface area (Å²) in [5, 5.41) is 8.99. The molecule has 0 aliphatic carbocycles. The first-order valence-corrected chi connectivity index (χ1v) is 10.7. The van der Waals surface area contributed by atoms with Crippen LogP contribution in [0.3, 0.4) is 0 Å². The molecule has 5 rings (SSSR count). The van der Waals surface area contributed by atoms with Gasteiger partial charge in [0, 0.05) is 23.5 Å². The lowest BCUT2D eigenvalue weighted by atomic mass is 10.0. The second-order valence-corrected chi connectivity index (χ2v) is 8.25. The average Bonchev–Trinajstić information content (AvgIpc) is 3.43. The second-order valence-electron chi connectivity index (χ2n) is 8.25. The number of pyridine rings is 1. The first kappa shape index (κ1) is 20.9. The van der Waals surface area contributed by atoms with Gasteiger partial charge in [0.15, 0.2) is 5.82 Å². The third-order valence-electron chi connectivity index (χ3n) is 5.90. The van der Waals surface area contributed by atoms with Gasteiger partial charge in [-0.25, -0.2) is 9.37 Å². The molecule has 0 radical (unpaired) electrons. The van der Waals surface area contributed by atoms with Crippen LogP contribution >= 0.6 is 0 Å². The van der Waals surface area contributed by atoms with Gasteiger partial charge >= 0.3 is 0 Å². The summed E-state index contributed by atoms with van der Waals surface area (Å²) < 4.78 is 23.6. The number of aromatic nitrogens is 5. The Hall–Kier alpha value is -4.00. The Kier molecular flexibility index (Phi) is 5.17. The first-order valence-electron chi connectivity index (χ1n) is 10.7. The summed E-state index contributed by atoms with van der Waals surface area (Å²) in [5.41, 5.74) is 6.20. The summed E-state index contributed by atoms with van der Waals surface area (Å²) >= 11 is 0. The first-order chi connectivity index (χ1) is 15.9. The fourth-order valence-electron chi connectivity index (χ4n) is 4.24. The molecule has 3 aromatic rings. The number of hydrogen-bond donors (Lipinski definition) is 0. The summed E-state index contributed by atoms with van der Waals surface area (Å²) in [6, 6.07) is 14.9. The topological polar surface area (TPSA) is 57.8 Å². The fraction of sp³-hybridized carbons (Fsp3) is 0.192. The van der Waals surface area contributed by atoms with Crippen LogP contribution in [0.25, 0.3) is 28.3 Å². The van der Waals surface area contributed by atoms with Gasteiger partial charge in [0.25, 0.3) is 0 Å². The van der Waals surface area contributed by atoms with E-state index in [2.05, 4.69) is 15.2 Å². The molecule has 0 N–H and O–H groups in total. The predicted octanol–water partition coefficient (Wildman–Crippen LogP) is 5.61. The molecule has 0 amide bonds. The number of imidazole rings is 1. The fourth-order valence-corrected chi connectivity index (χ4v) is 4.24. The highest BCUT2D eigenvalue weighted by Gasteiger charge is 2.22. The van der Waals surface area contributed by atoms with Crippen molar-refractivity contribution >= 4 is 0 Å². The summed E-state index contributed by atoms with van der Waals surface area (Å²) in [6.07, 6.45) is 5.67. The number of benzene rings is 2. The van der Waals surface area contributed by atoms with Gasteiger partial charge in [-0.1, -0.05) is 12.1 Å². The van der Waals surface area contributed by atoms with E-state index in [1.165, 1.54) is 6.07 Å². The number of fused-ring (bicyclic) bond motifs is 1. The minimum Gasteiger partial charge on any atom is -0.495 e. The van der Waals surface area contributed by atoms with Crippen LogP contribution in [0.5, 0.6) is 5.75 Å². The monoisotopic (exact) mass is 441 g/mol. The van der Waals surface area contributed by atoms with Gasteiger partial charge in [-0.2, -0.15) is 0 Å². The molecule has 1 atom stereocenters. The molecule has 0 saturated heterocycles. The van der Waals surface area contributed by atoms with Gasteiger partial charge in [0.2, 0.25) is 0 Å². The third-order valence-corrected chi connectivity index (χ3v) is 5.90. The van der Waals surface area contributed by atoms with E-state index in [0.717, 1.165) is 45.2 Å². The van der Waals surface area contributed by atoms with Gasteiger partial charge < -0.3 is 13.9 Å². The summed E-state index contributed by atoms with van der Waals surface area (Å²) in [6.45, 7) is 5.88. The quantitative estimate of drug-likeness (QED) is 0.356. The highest BCUT2D eigenvalue weighted by Crippen LogP contribution is 2.36. The standard InChI is InChI=1S/C26H24FN5O/c1-16-10-20(12-21(27)11-16)18(3)32-9-5-6-22-25(29-30-26(22)32)19-7-8-23(24(13-19)33-4)31-14-17(2)28-15-31/h5-15,18H,1-4H3/t18-/m0/s1. The van der Waals surface area contributed by atoms with Crippen molar-refractivity contribution in [2.75, 3.05) is 7.11 Å². The number of methoxy groups -OCH3 is 1. The summed E-state index contributed by atoms with van der Waals surface area (Å²) in [4.78, 5) is 4.30. The van der Waals surface area contributed by atoms with Gasteiger partial charge in [0.1, 0.15) is 17.3 Å². The van der Waals surface area contributed by atoms with Crippen LogP contribution < -0.4 is 4.74 Å². The van der Waals surface area contributed by atoms with Crippen molar-refractivity contribution in [2.45, 2.75) is 26.8 Å².